The highest BCUT2D eigenvalue weighted by molar-refractivity contribution is 5.85. The van der Waals surface area contributed by atoms with Gasteiger partial charge in [0.05, 0.1) is 18.1 Å². The van der Waals surface area contributed by atoms with E-state index in [9.17, 15) is 20.0 Å². The normalized spacial score (nSPS) is 21.0. The molecule has 1 fully saturated rings. The van der Waals surface area contributed by atoms with E-state index in [1.165, 1.54) is 12.1 Å². The molecule has 21 heavy (non-hydrogen) atoms. The van der Waals surface area contributed by atoms with Crippen LogP contribution in [0, 0.1) is 10.1 Å². The van der Waals surface area contributed by atoms with Crippen molar-refractivity contribution in [3.05, 3.63) is 28.3 Å². The SMILES string of the molecule is CCOc1cccc(NC2(C(=O)O)CCOC2)c1[N+](=O)[O-]. The minimum Gasteiger partial charge on any atom is -0.487 e. The maximum atomic E-state index is 11.5. The van der Waals surface area contributed by atoms with E-state index in [1.807, 2.05) is 0 Å². The quantitative estimate of drug-likeness (QED) is 0.606. The molecule has 0 radical (unpaired) electrons. The summed E-state index contributed by atoms with van der Waals surface area (Å²) in [5.74, 6) is -0.997. The lowest BCUT2D eigenvalue weighted by atomic mass is 9.98. The molecule has 1 saturated heterocycles. The fourth-order valence-corrected chi connectivity index (χ4v) is 2.23. The van der Waals surface area contributed by atoms with E-state index < -0.39 is 16.4 Å². The van der Waals surface area contributed by atoms with E-state index in [1.54, 1.807) is 13.0 Å². The zero-order chi connectivity index (χ0) is 15.5. The number of nitro groups is 1. The van der Waals surface area contributed by atoms with Gasteiger partial charge in [-0.15, -0.1) is 0 Å². The number of carbonyl (C=O) groups is 1. The molecule has 1 atom stereocenters. The highest BCUT2D eigenvalue weighted by atomic mass is 16.6. The number of para-hydroxylation sites is 1. The predicted octanol–water partition coefficient (Wildman–Crippen LogP) is 1.65. The third-order valence-electron chi connectivity index (χ3n) is 3.29. The summed E-state index contributed by atoms with van der Waals surface area (Å²) in [7, 11) is 0. The van der Waals surface area contributed by atoms with E-state index in [0.717, 1.165) is 0 Å². The van der Waals surface area contributed by atoms with E-state index in [4.69, 9.17) is 9.47 Å². The Labute approximate surface area is 120 Å². The van der Waals surface area contributed by atoms with Crippen LogP contribution in [0.1, 0.15) is 13.3 Å². The predicted molar refractivity (Wildman–Crippen MR) is 73.7 cm³/mol. The third kappa shape index (κ3) is 2.89. The Morgan fingerprint density at radius 1 is 1.62 bits per heavy atom. The van der Waals surface area contributed by atoms with Crippen LogP contribution in [0.5, 0.6) is 5.75 Å². The average molecular weight is 296 g/mol. The zero-order valence-corrected chi connectivity index (χ0v) is 11.5. The number of benzene rings is 1. The Hall–Kier alpha value is -2.35. The van der Waals surface area contributed by atoms with Crippen LogP contribution < -0.4 is 10.1 Å². The molecular formula is C13H16N2O6. The summed E-state index contributed by atoms with van der Waals surface area (Å²) in [4.78, 5) is 22.2. The Kier molecular flexibility index (Phi) is 4.27. The third-order valence-corrected chi connectivity index (χ3v) is 3.29. The topological polar surface area (TPSA) is 111 Å². The van der Waals surface area contributed by atoms with Crippen LogP contribution >= 0.6 is 0 Å². The molecule has 1 unspecified atom stereocenters. The van der Waals surface area contributed by atoms with Gasteiger partial charge in [0.15, 0.2) is 11.3 Å². The first-order valence-corrected chi connectivity index (χ1v) is 6.49. The number of rotatable bonds is 6. The van der Waals surface area contributed by atoms with E-state index in [0.29, 0.717) is 0 Å². The highest BCUT2D eigenvalue weighted by Gasteiger charge is 2.44. The van der Waals surface area contributed by atoms with Crippen LogP contribution in [0.15, 0.2) is 18.2 Å². The lowest BCUT2D eigenvalue weighted by molar-refractivity contribution is -0.385. The highest BCUT2D eigenvalue weighted by Crippen LogP contribution is 2.37. The van der Waals surface area contributed by atoms with E-state index in [-0.39, 0.29) is 43.4 Å². The number of nitrogens with one attached hydrogen (secondary N) is 1. The van der Waals surface area contributed by atoms with Gasteiger partial charge >= 0.3 is 11.7 Å². The smallest absolute Gasteiger partial charge is 0.333 e. The summed E-state index contributed by atoms with van der Waals surface area (Å²) >= 11 is 0. The molecule has 0 bridgehead atoms. The number of ether oxygens (including phenoxy) is 2. The first-order chi connectivity index (χ1) is 10.00. The Balaban J connectivity index is 2.41. The molecular weight excluding hydrogens is 280 g/mol. The van der Waals surface area contributed by atoms with E-state index in [2.05, 4.69) is 5.32 Å². The fraction of sp³-hybridized carbons (Fsp3) is 0.462. The van der Waals surface area contributed by atoms with Crippen LogP contribution in [0.25, 0.3) is 0 Å². The molecule has 1 aromatic carbocycles. The molecule has 1 aliphatic rings. The van der Waals surface area contributed by atoms with Crippen molar-refractivity contribution < 1.29 is 24.3 Å². The van der Waals surface area contributed by atoms with Crippen molar-refractivity contribution in [2.45, 2.75) is 18.9 Å². The molecule has 1 aromatic rings. The second-order valence-corrected chi connectivity index (χ2v) is 4.66. The summed E-state index contributed by atoms with van der Waals surface area (Å²) in [6.07, 6.45) is 0.234. The number of aliphatic carboxylic acids is 1. The van der Waals surface area contributed by atoms with Crippen molar-refractivity contribution in [2.24, 2.45) is 0 Å². The maximum Gasteiger partial charge on any atom is 0.333 e. The van der Waals surface area contributed by atoms with Gasteiger partial charge in [0.1, 0.15) is 5.69 Å². The molecule has 1 heterocycles. The van der Waals surface area contributed by atoms with Gasteiger partial charge in [0, 0.05) is 13.0 Å². The van der Waals surface area contributed by atoms with Gasteiger partial charge in [-0.1, -0.05) is 6.07 Å². The van der Waals surface area contributed by atoms with Gasteiger partial charge in [0.2, 0.25) is 0 Å². The number of carboxylic acids is 1. The Bertz CT molecular complexity index is 554. The number of hydrogen-bond acceptors (Lipinski definition) is 6. The number of nitrogens with zero attached hydrogens (tertiary/aromatic N) is 1. The summed E-state index contributed by atoms with van der Waals surface area (Å²) < 4.78 is 10.4. The second kappa shape index (κ2) is 5.96. The molecule has 0 aromatic heterocycles. The zero-order valence-electron chi connectivity index (χ0n) is 11.5. The molecule has 0 saturated carbocycles. The summed E-state index contributed by atoms with van der Waals surface area (Å²) in [6.45, 7) is 2.24. The van der Waals surface area contributed by atoms with Gasteiger partial charge in [-0.25, -0.2) is 4.79 Å². The average Bonchev–Trinajstić information content (AvgIpc) is 2.89. The van der Waals surface area contributed by atoms with Crippen molar-refractivity contribution in [1.82, 2.24) is 0 Å². The van der Waals surface area contributed by atoms with Crippen molar-refractivity contribution >= 4 is 17.3 Å². The first-order valence-electron chi connectivity index (χ1n) is 6.49. The molecule has 0 amide bonds. The Morgan fingerprint density at radius 2 is 2.38 bits per heavy atom. The van der Waals surface area contributed by atoms with Crippen molar-refractivity contribution in [2.75, 3.05) is 25.1 Å². The fourth-order valence-electron chi connectivity index (χ4n) is 2.23. The van der Waals surface area contributed by atoms with Gasteiger partial charge in [-0.3, -0.25) is 10.1 Å². The minimum absolute atomic E-state index is 0.0433. The van der Waals surface area contributed by atoms with Crippen molar-refractivity contribution in [1.29, 1.82) is 0 Å². The molecule has 8 nitrogen and oxygen atoms in total. The lowest BCUT2D eigenvalue weighted by Gasteiger charge is -2.25. The molecule has 0 spiro atoms. The van der Waals surface area contributed by atoms with Gasteiger partial charge in [-0.05, 0) is 19.1 Å². The first kappa shape index (κ1) is 15.0. The molecule has 1 aliphatic heterocycles. The Morgan fingerprint density at radius 3 is 2.90 bits per heavy atom. The maximum absolute atomic E-state index is 11.5. The molecule has 0 aliphatic carbocycles. The largest absolute Gasteiger partial charge is 0.487 e. The van der Waals surface area contributed by atoms with Gasteiger partial charge in [0.25, 0.3) is 0 Å². The lowest BCUT2D eigenvalue weighted by Crippen LogP contribution is -2.47. The number of hydrogen-bond donors (Lipinski definition) is 2. The van der Waals surface area contributed by atoms with Crippen LogP contribution in [0.4, 0.5) is 11.4 Å². The van der Waals surface area contributed by atoms with Gasteiger partial charge < -0.3 is 19.9 Å². The molecule has 114 valence electrons. The molecule has 2 N–H and O–H groups in total. The van der Waals surface area contributed by atoms with Crippen LogP contribution in [0.2, 0.25) is 0 Å². The second-order valence-electron chi connectivity index (χ2n) is 4.66. The number of nitro benzene ring substituents is 1. The van der Waals surface area contributed by atoms with E-state index >= 15 is 0 Å². The summed E-state index contributed by atoms with van der Waals surface area (Å²) in [6, 6.07) is 4.51. The molecule has 2 rings (SSSR count). The van der Waals surface area contributed by atoms with Gasteiger partial charge in [-0.2, -0.15) is 0 Å². The summed E-state index contributed by atoms with van der Waals surface area (Å²) in [5.41, 5.74) is -1.51. The van der Waals surface area contributed by atoms with Crippen LogP contribution in [-0.4, -0.2) is 41.4 Å². The number of anilines is 1. The number of carboxylic acid groups (broad SMARTS) is 1. The van der Waals surface area contributed by atoms with Crippen molar-refractivity contribution in [3.63, 3.8) is 0 Å². The minimum atomic E-state index is -1.35. The van der Waals surface area contributed by atoms with Crippen molar-refractivity contribution in [3.8, 4) is 5.75 Å². The van der Waals surface area contributed by atoms with Crippen LogP contribution in [0.3, 0.4) is 0 Å². The molecule has 8 heteroatoms. The van der Waals surface area contributed by atoms with Crippen LogP contribution in [-0.2, 0) is 9.53 Å². The summed E-state index contributed by atoms with van der Waals surface area (Å²) in [5, 5.41) is 23.4. The standard InChI is InChI=1S/C13H16N2O6/c1-2-21-10-5-3-4-9(11(10)15(18)19)14-13(12(16)17)6-7-20-8-13/h3-5,14H,2,6-8H2,1H3,(H,16,17). The monoisotopic (exact) mass is 296 g/mol.